The zero-order chi connectivity index (χ0) is 23.3. The molecule has 1 atom stereocenters. The lowest BCUT2D eigenvalue weighted by Gasteiger charge is -2.19. The number of nitrogens with one attached hydrogen (secondary N) is 2. The van der Waals surface area contributed by atoms with Crippen molar-refractivity contribution in [3.05, 3.63) is 97.2 Å². The lowest BCUT2D eigenvalue weighted by atomic mass is 9.98. The van der Waals surface area contributed by atoms with Crippen LogP contribution >= 0.6 is 11.3 Å². The fraction of sp³-hybridized carbons (Fsp3) is 0.250. The molecule has 1 heterocycles. The van der Waals surface area contributed by atoms with Crippen molar-refractivity contribution in [3.63, 3.8) is 0 Å². The van der Waals surface area contributed by atoms with Gasteiger partial charge in [0.05, 0.1) is 17.5 Å². The van der Waals surface area contributed by atoms with E-state index in [-0.39, 0.29) is 29.7 Å². The van der Waals surface area contributed by atoms with Gasteiger partial charge in [0.1, 0.15) is 0 Å². The molecule has 3 rings (SSSR count). The molecule has 0 aliphatic heterocycles. The van der Waals surface area contributed by atoms with Gasteiger partial charge >= 0.3 is 0 Å². The number of nitro benzene ring substituents is 1. The number of hydrogen-bond acceptors (Lipinski definition) is 5. The Hall–Kier alpha value is -3.52. The summed E-state index contributed by atoms with van der Waals surface area (Å²) in [4.78, 5) is 36.5. The zero-order valence-corrected chi connectivity index (χ0v) is 18.9. The minimum absolute atomic E-state index is 0.0541. The molecular weight excluding hydrogens is 426 g/mol. The molecule has 0 bridgehead atoms. The summed E-state index contributed by atoms with van der Waals surface area (Å²) in [5.74, 6) is -0.382. The van der Waals surface area contributed by atoms with Crippen molar-refractivity contribution in [2.75, 3.05) is 6.54 Å². The predicted octanol–water partition coefficient (Wildman–Crippen LogP) is 4.72. The number of nitrogens with zero attached hydrogens (tertiary/aromatic N) is 1. The van der Waals surface area contributed by atoms with Crippen LogP contribution in [0, 0.1) is 17.0 Å². The molecule has 1 unspecified atom stereocenters. The molecule has 0 aliphatic carbocycles. The summed E-state index contributed by atoms with van der Waals surface area (Å²) in [5.41, 5.74) is 2.77. The first-order valence-corrected chi connectivity index (χ1v) is 11.1. The first-order valence-electron chi connectivity index (χ1n) is 10.2. The highest BCUT2D eigenvalue weighted by Gasteiger charge is 2.19. The number of rotatable bonds is 8. The van der Waals surface area contributed by atoms with Crippen LogP contribution in [-0.4, -0.2) is 23.3 Å². The topological polar surface area (TPSA) is 101 Å². The summed E-state index contributed by atoms with van der Waals surface area (Å²) < 4.78 is 0. The zero-order valence-electron chi connectivity index (χ0n) is 18.1. The van der Waals surface area contributed by atoms with Crippen LogP contribution in [0.2, 0.25) is 0 Å². The molecule has 0 radical (unpaired) electrons. The van der Waals surface area contributed by atoms with E-state index in [9.17, 15) is 19.7 Å². The maximum absolute atomic E-state index is 12.6. The molecule has 2 N–H and O–H groups in total. The van der Waals surface area contributed by atoms with Gasteiger partial charge in [0.15, 0.2) is 0 Å². The van der Waals surface area contributed by atoms with E-state index in [0.29, 0.717) is 11.5 Å². The maximum Gasteiger partial charge on any atom is 0.272 e. The summed E-state index contributed by atoms with van der Waals surface area (Å²) in [7, 11) is 0. The summed E-state index contributed by atoms with van der Waals surface area (Å²) in [6, 6.07) is 15.8. The third-order valence-electron chi connectivity index (χ3n) is 5.13. The number of thiophene rings is 1. The normalized spacial score (nSPS) is 11.8. The van der Waals surface area contributed by atoms with Gasteiger partial charge in [-0.1, -0.05) is 44.2 Å². The molecule has 0 fully saturated rings. The number of aryl methyl sites for hydroxylation is 1. The van der Waals surface area contributed by atoms with Crippen molar-refractivity contribution in [2.45, 2.75) is 32.7 Å². The molecule has 2 aromatic carbocycles. The first kappa shape index (κ1) is 23.1. The van der Waals surface area contributed by atoms with E-state index in [2.05, 4.69) is 36.6 Å². The maximum atomic E-state index is 12.6. The summed E-state index contributed by atoms with van der Waals surface area (Å²) in [5, 5.41) is 18.5. The van der Waals surface area contributed by atoms with Gasteiger partial charge in [0.25, 0.3) is 11.6 Å². The summed E-state index contributed by atoms with van der Waals surface area (Å²) >= 11 is 1.55. The second-order valence-electron chi connectivity index (χ2n) is 7.78. The molecule has 0 saturated carbocycles. The van der Waals surface area contributed by atoms with Crippen LogP contribution in [0.25, 0.3) is 0 Å². The van der Waals surface area contributed by atoms with E-state index < -0.39 is 10.8 Å². The number of nitro groups is 1. The average molecular weight is 452 g/mol. The highest BCUT2D eigenvalue weighted by molar-refractivity contribution is 7.10. The SMILES string of the molecule is Cc1cc(C(=O)NCC(=O)NC(c2ccc(C(C)C)cc2)c2cccs2)ccc1[N+](=O)[O-]. The number of carbonyl (C=O) groups is 2. The molecule has 8 heteroatoms. The number of benzene rings is 2. The Morgan fingerprint density at radius 2 is 1.75 bits per heavy atom. The number of hydrogen-bond donors (Lipinski definition) is 2. The van der Waals surface area contributed by atoms with E-state index in [1.807, 2.05) is 29.6 Å². The van der Waals surface area contributed by atoms with Crippen molar-refractivity contribution in [1.29, 1.82) is 0 Å². The van der Waals surface area contributed by atoms with Gasteiger partial charge in [0, 0.05) is 22.1 Å². The summed E-state index contributed by atoms with van der Waals surface area (Å²) in [6.45, 7) is 5.62. The van der Waals surface area contributed by atoms with Crippen molar-refractivity contribution in [3.8, 4) is 0 Å². The van der Waals surface area contributed by atoms with E-state index >= 15 is 0 Å². The largest absolute Gasteiger partial charge is 0.343 e. The Kier molecular flexibility index (Phi) is 7.37. The van der Waals surface area contributed by atoms with Crippen LogP contribution in [0.3, 0.4) is 0 Å². The molecular formula is C24H25N3O4S. The Bertz CT molecular complexity index is 1110. The van der Waals surface area contributed by atoms with E-state index in [4.69, 9.17) is 0 Å². The van der Waals surface area contributed by atoms with E-state index in [1.165, 1.54) is 23.8 Å². The van der Waals surface area contributed by atoms with E-state index in [1.54, 1.807) is 18.3 Å². The second kappa shape index (κ2) is 10.2. The summed E-state index contributed by atoms with van der Waals surface area (Å²) in [6.07, 6.45) is 0. The minimum atomic E-state index is -0.497. The number of carbonyl (C=O) groups excluding carboxylic acids is 2. The molecule has 166 valence electrons. The van der Waals surface area contributed by atoms with E-state index in [0.717, 1.165) is 10.4 Å². The van der Waals surface area contributed by atoms with Crippen LogP contribution in [0.15, 0.2) is 60.0 Å². The van der Waals surface area contributed by atoms with Crippen LogP contribution in [-0.2, 0) is 4.79 Å². The molecule has 2 amide bonds. The highest BCUT2D eigenvalue weighted by Crippen LogP contribution is 2.27. The fourth-order valence-electron chi connectivity index (χ4n) is 3.32. The predicted molar refractivity (Wildman–Crippen MR) is 125 cm³/mol. The Labute approximate surface area is 190 Å². The standard InChI is InChI=1S/C24H25N3O4S/c1-15(2)17-6-8-18(9-7-17)23(21-5-4-12-32-21)26-22(28)14-25-24(29)19-10-11-20(27(30)31)16(3)13-19/h4-13,15,23H,14H2,1-3H3,(H,25,29)(H,26,28). The lowest BCUT2D eigenvalue weighted by Crippen LogP contribution is -2.38. The monoisotopic (exact) mass is 451 g/mol. The van der Waals surface area contributed by atoms with Crippen molar-refractivity contribution >= 4 is 28.8 Å². The smallest absolute Gasteiger partial charge is 0.272 e. The van der Waals surface area contributed by atoms with Gasteiger partial charge < -0.3 is 10.6 Å². The molecule has 3 aromatic rings. The average Bonchev–Trinajstić information content (AvgIpc) is 3.30. The lowest BCUT2D eigenvalue weighted by molar-refractivity contribution is -0.385. The molecule has 7 nitrogen and oxygen atoms in total. The van der Waals surface area contributed by atoms with Gasteiger partial charge in [-0.3, -0.25) is 19.7 Å². The van der Waals surface area contributed by atoms with Crippen molar-refractivity contribution in [1.82, 2.24) is 10.6 Å². The molecule has 1 aromatic heterocycles. The Morgan fingerprint density at radius 1 is 1.06 bits per heavy atom. The minimum Gasteiger partial charge on any atom is -0.343 e. The van der Waals surface area contributed by atoms with Crippen molar-refractivity contribution < 1.29 is 14.5 Å². The highest BCUT2D eigenvalue weighted by atomic mass is 32.1. The Balaban J connectivity index is 1.67. The van der Waals surface area contributed by atoms with Gasteiger partial charge in [-0.25, -0.2) is 0 Å². The number of amides is 2. The first-order chi connectivity index (χ1) is 15.3. The third kappa shape index (κ3) is 5.59. The van der Waals surface area contributed by atoms with Gasteiger partial charge in [-0.05, 0) is 47.5 Å². The molecule has 0 spiro atoms. The van der Waals surface area contributed by atoms with Crippen LogP contribution < -0.4 is 10.6 Å². The Morgan fingerprint density at radius 3 is 2.31 bits per heavy atom. The van der Waals surface area contributed by atoms with Crippen LogP contribution in [0.1, 0.15) is 57.7 Å². The molecule has 0 aliphatic rings. The molecule has 32 heavy (non-hydrogen) atoms. The van der Waals surface area contributed by atoms with Gasteiger partial charge in [-0.2, -0.15) is 0 Å². The van der Waals surface area contributed by atoms with Crippen molar-refractivity contribution in [2.24, 2.45) is 0 Å². The fourth-order valence-corrected chi connectivity index (χ4v) is 4.13. The van der Waals surface area contributed by atoms with Crippen LogP contribution in [0.4, 0.5) is 5.69 Å². The quantitative estimate of drug-likeness (QED) is 0.382. The van der Waals surface area contributed by atoms with Gasteiger partial charge in [0.2, 0.25) is 5.91 Å². The van der Waals surface area contributed by atoms with Crippen LogP contribution in [0.5, 0.6) is 0 Å². The van der Waals surface area contributed by atoms with Gasteiger partial charge in [-0.15, -0.1) is 11.3 Å². The third-order valence-corrected chi connectivity index (χ3v) is 6.07. The molecule has 0 saturated heterocycles. The second-order valence-corrected chi connectivity index (χ2v) is 8.76.